The van der Waals surface area contributed by atoms with Crippen LogP contribution in [0.25, 0.3) is 0 Å². The summed E-state index contributed by atoms with van der Waals surface area (Å²) in [5, 5.41) is 3.44. The van der Waals surface area contributed by atoms with Crippen molar-refractivity contribution in [2.45, 2.75) is 18.6 Å². The Kier molecular flexibility index (Phi) is 2.39. The fourth-order valence-electron chi connectivity index (χ4n) is 3.03. The topological polar surface area (TPSA) is 30.5 Å². The van der Waals surface area contributed by atoms with Crippen molar-refractivity contribution < 1.29 is 13.9 Å². The first-order valence-corrected chi connectivity index (χ1v) is 6.64. The molecule has 2 unspecified atom stereocenters. The molecule has 0 radical (unpaired) electrons. The van der Waals surface area contributed by atoms with Crippen molar-refractivity contribution in [2.24, 2.45) is 0 Å². The molecule has 1 heterocycles. The van der Waals surface area contributed by atoms with E-state index in [0.717, 1.165) is 23.4 Å². The van der Waals surface area contributed by atoms with Crippen LogP contribution in [-0.4, -0.2) is 13.2 Å². The van der Waals surface area contributed by atoms with Crippen LogP contribution >= 0.6 is 0 Å². The molecule has 4 heteroatoms. The quantitative estimate of drug-likeness (QED) is 0.863. The van der Waals surface area contributed by atoms with E-state index in [2.05, 4.69) is 11.4 Å². The summed E-state index contributed by atoms with van der Waals surface area (Å²) in [4.78, 5) is 0. The molecule has 1 aliphatic heterocycles. The van der Waals surface area contributed by atoms with E-state index in [1.165, 1.54) is 17.7 Å². The van der Waals surface area contributed by atoms with Crippen molar-refractivity contribution in [2.75, 3.05) is 12.4 Å². The van der Waals surface area contributed by atoms with Crippen LogP contribution in [0.1, 0.15) is 17.2 Å². The van der Waals surface area contributed by atoms with Gasteiger partial charge in [-0.15, -0.1) is 0 Å². The number of hydrogen-bond acceptors (Lipinski definition) is 3. The van der Waals surface area contributed by atoms with E-state index >= 15 is 0 Å². The molecule has 0 spiro atoms. The third-order valence-electron chi connectivity index (χ3n) is 4.00. The van der Waals surface area contributed by atoms with Gasteiger partial charge in [-0.25, -0.2) is 4.39 Å². The van der Waals surface area contributed by atoms with Gasteiger partial charge in [0, 0.05) is 11.6 Å². The van der Waals surface area contributed by atoms with Crippen LogP contribution in [0.15, 0.2) is 36.4 Å². The van der Waals surface area contributed by atoms with Gasteiger partial charge in [-0.05, 0) is 36.2 Å². The molecule has 0 saturated carbocycles. The summed E-state index contributed by atoms with van der Waals surface area (Å²) < 4.78 is 24.6. The summed E-state index contributed by atoms with van der Waals surface area (Å²) in [6.45, 7) is 0. The molecule has 2 atom stereocenters. The summed E-state index contributed by atoms with van der Waals surface area (Å²) >= 11 is 0. The minimum absolute atomic E-state index is 0.0885. The third kappa shape index (κ3) is 1.64. The Morgan fingerprint density at radius 2 is 2.15 bits per heavy atom. The van der Waals surface area contributed by atoms with Crippen LogP contribution in [-0.2, 0) is 6.42 Å². The van der Waals surface area contributed by atoms with E-state index in [1.807, 2.05) is 12.1 Å². The smallest absolute Gasteiger partial charge is 0.146 e. The molecule has 2 aromatic carbocycles. The number of fused-ring (bicyclic) bond motifs is 4. The molecule has 102 valence electrons. The summed E-state index contributed by atoms with van der Waals surface area (Å²) in [5.74, 6) is 1.10. The Labute approximate surface area is 116 Å². The van der Waals surface area contributed by atoms with Gasteiger partial charge >= 0.3 is 0 Å². The molecule has 0 aromatic heterocycles. The maximum Gasteiger partial charge on any atom is 0.146 e. The van der Waals surface area contributed by atoms with Gasteiger partial charge in [-0.1, -0.05) is 6.07 Å². The zero-order chi connectivity index (χ0) is 13.7. The van der Waals surface area contributed by atoms with Crippen molar-refractivity contribution in [1.29, 1.82) is 0 Å². The summed E-state index contributed by atoms with van der Waals surface area (Å²) in [6.07, 6.45) is 0.815. The molecular weight excluding hydrogens is 257 g/mol. The van der Waals surface area contributed by atoms with Gasteiger partial charge in [0.15, 0.2) is 0 Å². The zero-order valence-corrected chi connectivity index (χ0v) is 11.0. The molecule has 0 amide bonds. The van der Waals surface area contributed by atoms with E-state index in [-0.39, 0.29) is 18.0 Å². The van der Waals surface area contributed by atoms with E-state index in [4.69, 9.17) is 9.47 Å². The van der Waals surface area contributed by atoms with E-state index < -0.39 is 0 Å². The molecule has 1 aliphatic carbocycles. The van der Waals surface area contributed by atoms with Crippen molar-refractivity contribution >= 4 is 5.69 Å². The SMILES string of the molecule is COc1ccc2c(c1)C1Oc3cc(F)ccc3NC1C2. The van der Waals surface area contributed by atoms with Crippen LogP contribution < -0.4 is 14.8 Å². The molecule has 0 fully saturated rings. The molecule has 2 aliphatic rings. The van der Waals surface area contributed by atoms with Crippen molar-refractivity contribution in [3.63, 3.8) is 0 Å². The summed E-state index contributed by atoms with van der Waals surface area (Å²) in [6, 6.07) is 10.8. The average molecular weight is 271 g/mol. The fraction of sp³-hybridized carbons (Fsp3) is 0.250. The number of halogens is 1. The lowest BCUT2D eigenvalue weighted by molar-refractivity contribution is 0.182. The lowest BCUT2D eigenvalue weighted by Gasteiger charge is -2.31. The lowest BCUT2D eigenvalue weighted by atomic mass is 10.1. The number of hydrogen-bond donors (Lipinski definition) is 1. The fourth-order valence-corrected chi connectivity index (χ4v) is 3.03. The number of benzene rings is 2. The molecular formula is C16H14FNO2. The number of ether oxygens (including phenoxy) is 2. The molecule has 0 saturated heterocycles. The third-order valence-corrected chi connectivity index (χ3v) is 4.00. The van der Waals surface area contributed by atoms with Crippen molar-refractivity contribution in [3.05, 3.63) is 53.3 Å². The Balaban J connectivity index is 1.75. The van der Waals surface area contributed by atoms with Gasteiger partial charge in [-0.2, -0.15) is 0 Å². The number of methoxy groups -OCH3 is 1. The molecule has 4 rings (SSSR count). The lowest BCUT2D eigenvalue weighted by Crippen LogP contribution is -2.32. The summed E-state index contributed by atoms with van der Waals surface area (Å²) in [5.41, 5.74) is 3.23. The van der Waals surface area contributed by atoms with Crippen molar-refractivity contribution in [1.82, 2.24) is 0 Å². The minimum Gasteiger partial charge on any atom is -0.497 e. The Bertz CT molecular complexity index is 686. The predicted octanol–water partition coefficient (Wildman–Crippen LogP) is 3.30. The highest BCUT2D eigenvalue weighted by Crippen LogP contribution is 2.44. The normalized spacial score (nSPS) is 22.1. The maximum absolute atomic E-state index is 13.3. The molecule has 3 nitrogen and oxygen atoms in total. The van der Waals surface area contributed by atoms with Gasteiger partial charge in [0.1, 0.15) is 23.4 Å². The number of anilines is 1. The first kappa shape index (κ1) is 11.6. The zero-order valence-electron chi connectivity index (χ0n) is 11.0. The molecule has 20 heavy (non-hydrogen) atoms. The monoisotopic (exact) mass is 271 g/mol. The number of nitrogens with one attached hydrogen (secondary N) is 1. The van der Waals surface area contributed by atoms with Crippen LogP contribution in [0.3, 0.4) is 0 Å². The second-order valence-electron chi connectivity index (χ2n) is 5.20. The summed E-state index contributed by atoms with van der Waals surface area (Å²) in [7, 11) is 1.65. The first-order valence-electron chi connectivity index (χ1n) is 6.64. The average Bonchev–Trinajstić information content (AvgIpc) is 2.81. The number of rotatable bonds is 1. The molecule has 2 aromatic rings. The highest BCUT2D eigenvalue weighted by Gasteiger charge is 2.38. The molecule has 0 bridgehead atoms. The predicted molar refractivity (Wildman–Crippen MR) is 73.9 cm³/mol. The van der Waals surface area contributed by atoms with Crippen LogP contribution in [0.4, 0.5) is 10.1 Å². The Morgan fingerprint density at radius 3 is 3.00 bits per heavy atom. The van der Waals surface area contributed by atoms with Crippen LogP contribution in [0.2, 0.25) is 0 Å². The Hall–Kier alpha value is -2.23. The van der Waals surface area contributed by atoms with E-state index in [0.29, 0.717) is 5.75 Å². The van der Waals surface area contributed by atoms with Crippen LogP contribution in [0, 0.1) is 5.82 Å². The van der Waals surface area contributed by atoms with Gasteiger partial charge < -0.3 is 14.8 Å². The van der Waals surface area contributed by atoms with Crippen LogP contribution in [0.5, 0.6) is 11.5 Å². The second kappa shape index (κ2) is 4.13. The molecule has 1 N–H and O–H groups in total. The van der Waals surface area contributed by atoms with Gasteiger partial charge in [0.25, 0.3) is 0 Å². The standard InChI is InChI=1S/C16H14FNO2/c1-19-11-4-2-9-6-14-16(12(9)8-11)20-15-7-10(17)3-5-13(15)18-14/h2-5,7-8,14,16,18H,6H2,1H3. The van der Waals surface area contributed by atoms with Gasteiger partial charge in [0.05, 0.1) is 18.8 Å². The van der Waals surface area contributed by atoms with Gasteiger partial charge in [-0.3, -0.25) is 0 Å². The largest absolute Gasteiger partial charge is 0.497 e. The maximum atomic E-state index is 13.3. The first-order chi connectivity index (χ1) is 9.74. The van der Waals surface area contributed by atoms with E-state index in [1.54, 1.807) is 13.2 Å². The highest BCUT2D eigenvalue weighted by molar-refractivity contribution is 5.61. The Morgan fingerprint density at radius 1 is 1.25 bits per heavy atom. The minimum atomic E-state index is -0.284. The van der Waals surface area contributed by atoms with Gasteiger partial charge in [0.2, 0.25) is 0 Å². The van der Waals surface area contributed by atoms with Crippen molar-refractivity contribution in [3.8, 4) is 11.5 Å². The second-order valence-corrected chi connectivity index (χ2v) is 5.20. The highest BCUT2D eigenvalue weighted by atomic mass is 19.1. The van der Waals surface area contributed by atoms with E-state index in [9.17, 15) is 4.39 Å².